The summed E-state index contributed by atoms with van der Waals surface area (Å²) in [5.41, 5.74) is 1.39. The second-order valence-electron chi connectivity index (χ2n) is 6.72. The van der Waals surface area contributed by atoms with E-state index in [-0.39, 0.29) is 0 Å². The molecule has 0 radical (unpaired) electrons. The number of nitrogens with zero attached hydrogens (tertiary/aromatic N) is 2. The molecule has 23 heavy (non-hydrogen) atoms. The number of thiazole rings is 1. The van der Waals surface area contributed by atoms with Gasteiger partial charge in [-0.25, -0.2) is 4.98 Å². The molecule has 0 unspecified atom stereocenters. The molecule has 1 saturated carbocycles. The van der Waals surface area contributed by atoms with Gasteiger partial charge in [-0.3, -0.25) is 4.90 Å². The largest absolute Gasteiger partial charge is 0.379 e. The Bertz CT molecular complexity index is 612. The topological polar surface area (TPSA) is 37.4 Å². The second kappa shape index (κ2) is 6.75. The highest BCUT2D eigenvalue weighted by atomic mass is 32.1. The highest BCUT2D eigenvalue weighted by Crippen LogP contribution is 2.35. The first-order valence-corrected chi connectivity index (χ1v) is 9.60. The minimum absolute atomic E-state index is 0.292. The van der Waals surface area contributed by atoms with E-state index in [4.69, 9.17) is 9.72 Å². The lowest BCUT2D eigenvalue weighted by atomic mass is 9.80. The Kier molecular flexibility index (Phi) is 4.51. The fraction of sp³-hybridized carbons (Fsp3) is 0.611. The van der Waals surface area contributed by atoms with Crippen LogP contribution in [0.5, 0.6) is 0 Å². The van der Waals surface area contributed by atoms with E-state index in [1.54, 1.807) is 11.3 Å². The van der Waals surface area contributed by atoms with E-state index < -0.39 is 0 Å². The Balaban J connectivity index is 1.50. The molecule has 1 aliphatic heterocycles. The first kappa shape index (κ1) is 15.4. The molecule has 0 atom stereocenters. The molecule has 1 aromatic heterocycles. The summed E-state index contributed by atoms with van der Waals surface area (Å²) in [4.78, 5) is 7.41. The fourth-order valence-corrected chi connectivity index (χ4v) is 4.90. The van der Waals surface area contributed by atoms with E-state index in [1.807, 2.05) is 0 Å². The zero-order chi connectivity index (χ0) is 15.5. The van der Waals surface area contributed by atoms with Crippen LogP contribution >= 0.6 is 11.3 Å². The molecule has 0 bridgehead atoms. The van der Waals surface area contributed by atoms with Gasteiger partial charge in [0.05, 0.1) is 23.4 Å². The van der Waals surface area contributed by atoms with Crippen molar-refractivity contribution in [1.29, 1.82) is 0 Å². The van der Waals surface area contributed by atoms with Gasteiger partial charge in [0.25, 0.3) is 0 Å². The van der Waals surface area contributed by atoms with Crippen LogP contribution in [0.2, 0.25) is 0 Å². The standard InChI is InChI=1S/C18H25N3OS/c1-4-8-18(9-5-1,21-10-12-22-13-11-21)14-19-17-20-15-6-2-3-7-16(15)23-17/h2-3,6-7H,1,4-5,8-14H2,(H,19,20). The maximum absolute atomic E-state index is 5.57. The van der Waals surface area contributed by atoms with E-state index >= 15 is 0 Å². The predicted octanol–water partition coefficient (Wildman–Crippen LogP) is 3.74. The summed E-state index contributed by atoms with van der Waals surface area (Å²) in [6, 6.07) is 8.38. The molecule has 1 N–H and O–H groups in total. The predicted molar refractivity (Wildman–Crippen MR) is 96.3 cm³/mol. The number of aromatic nitrogens is 1. The van der Waals surface area contributed by atoms with Gasteiger partial charge in [-0.15, -0.1) is 0 Å². The van der Waals surface area contributed by atoms with Crippen LogP contribution in [0, 0.1) is 0 Å². The molecule has 0 amide bonds. The summed E-state index contributed by atoms with van der Waals surface area (Å²) in [6.45, 7) is 4.90. The Hall–Kier alpha value is -1.17. The van der Waals surface area contributed by atoms with Gasteiger partial charge < -0.3 is 10.1 Å². The number of fused-ring (bicyclic) bond motifs is 1. The summed E-state index contributed by atoms with van der Waals surface area (Å²) in [5.74, 6) is 0. The van der Waals surface area contributed by atoms with Gasteiger partial charge in [0.1, 0.15) is 0 Å². The molecule has 4 nitrogen and oxygen atoms in total. The van der Waals surface area contributed by atoms with Gasteiger partial charge >= 0.3 is 0 Å². The Morgan fingerprint density at radius 3 is 2.70 bits per heavy atom. The van der Waals surface area contributed by atoms with Crippen LogP contribution in [0.4, 0.5) is 5.13 Å². The van der Waals surface area contributed by atoms with E-state index in [1.165, 1.54) is 36.8 Å². The van der Waals surface area contributed by atoms with Crippen molar-refractivity contribution in [1.82, 2.24) is 9.88 Å². The van der Waals surface area contributed by atoms with Crippen LogP contribution in [-0.2, 0) is 4.74 Å². The number of morpholine rings is 1. The van der Waals surface area contributed by atoms with Crippen molar-refractivity contribution < 1.29 is 4.74 Å². The van der Waals surface area contributed by atoms with Crippen LogP contribution in [0.3, 0.4) is 0 Å². The highest BCUT2D eigenvalue weighted by molar-refractivity contribution is 7.22. The number of para-hydroxylation sites is 1. The number of hydrogen-bond acceptors (Lipinski definition) is 5. The summed E-state index contributed by atoms with van der Waals surface area (Å²) in [7, 11) is 0. The molecule has 1 aromatic carbocycles. The average Bonchev–Trinajstić information content (AvgIpc) is 3.05. The molecule has 2 aromatic rings. The quantitative estimate of drug-likeness (QED) is 0.926. The lowest BCUT2D eigenvalue weighted by Gasteiger charge is -2.48. The molecule has 1 saturated heterocycles. The van der Waals surface area contributed by atoms with E-state index in [9.17, 15) is 0 Å². The minimum atomic E-state index is 0.292. The number of nitrogens with one attached hydrogen (secondary N) is 1. The van der Waals surface area contributed by atoms with Crippen molar-refractivity contribution >= 4 is 26.7 Å². The van der Waals surface area contributed by atoms with Crippen LogP contribution in [-0.4, -0.2) is 48.3 Å². The Morgan fingerprint density at radius 1 is 1.13 bits per heavy atom. The molecule has 124 valence electrons. The molecule has 5 heteroatoms. The number of rotatable bonds is 4. The van der Waals surface area contributed by atoms with Gasteiger partial charge in [0, 0.05) is 25.2 Å². The van der Waals surface area contributed by atoms with E-state index in [0.29, 0.717) is 5.54 Å². The number of ether oxygens (including phenoxy) is 1. The average molecular weight is 331 g/mol. The Labute approximate surface area is 141 Å². The summed E-state index contributed by atoms with van der Waals surface area (Å²) < 4.78 is 6.83. The van der Waals surface area contributed by atoms with Crippen molar-refractivity contribution in [3.63, 3.8) is 0 Å². The van der Waals surface area contributed by atoms with Gasteiger partial charge in [0.15, 0.2) is 5.13 Å². The number of benzene rings is 1. The number of anilines is 1. The van der Waals surface area contributed by atoms with Crippen LogP contribution in [0.1, 0.15) is 32.1 Å². The van der Waals surface area contributed by atoms with Crippen LogP contribution < -0.4 is 5.32 Å². The summed E-state index contributed by atoms with van der Waals surface area (Å²) in [5, 5.41) is 4.73. The summed E-state index contributed by atoms with van der Waals surface area (Å²) >= 11 is 1.77. The van der Waals surface area contributed by atoms with Crippen LogP contribution in [0.25, 0.3) is 10.2 Å². The van der Waals surface area contributed by atoms with Gasteiger partial charge in [0.2, 0.25) is 0 Å². The van der Waals surface area contributed by atoms with E-state index in [2.05, 4.69) is 34.5 Å². The first-order chi connectivity index (χ1) is 11.4. The Morgan fingerprint density at radius 2 is 1.91 bits per heavy atom. The molecule has 2 fully saturated rings. The smallest absolute Gasteiger partial charge is 0.183 e. The highest BCUT2D eigenvalue weighted by Gasteiger charge is 2.38. The third kappa shape index (κ3) is 3.23. The maximum Gasteiger partial charge on any atom is 0.183 e. The van der Waals surface area contributed by atoms with Gasteiger partial charge in [-0.05, 0) is 25.0 Å². The zero-order valence-corrected chi connectivity index (χ0v) is 14.4. The normalized spacial score (nSPS) is 22.3. The molecule has 0 spiro atoms. The van der Waals surface area contributed by atoms with Crippen molar-refractivity contribution in [2.24, 2.45) is 0 Å². The summed E-state index contributed by atoms with van der Waals surface area (Å²) in [6.07, 6.45) is 6.67. The second-order valence-corrected chi connectivity index (χ2v) is 7.76. The third-order valence-electron chi connectivity index (χ3n) is 5.33. The maximum atomic E-state index is 5.57. The lowest BCUT2D eigenvalue weighted by Crippen LogP contribution is -2.57. The molecule has 2 aliphatic rings. The van der Waals surface area contributed by atoms with Gasteiger partial charge in [-0.1, -0.05) is 42.7 Å². The zero-order valence-electron chi connectivity index (χ0n) is 13.6. The molecule has 2 heterocycles. The van der Waals surface area contributed by atoms with Crippen molar-refractivity contribution in [3.8, 4) is 0 Å². The molecular formula is C18H25N3OS. The lowest BCUT2D eigenvalue weighted by molar-refractivity contribution is -0.0318. The monoisotopic (exact) mass is 331 g/mol. The number of hydrogen-bond donors (Lipinski definition) is 1. The van der Waals surface area contributed by atoms with Gasteiger partial charge in [-0.2, -0.15) is 0 Å². The van der Waals surface area contributed by atoms with Crippen LogP contribution in [0.15, 0.2) is 24.3 Å². The first-order valence-electron chi connectivity index (χ1n) is 8.78. The van der Waals surface area contributed by atoms with Crippen molar-refractivity contribution in [2.75, 3.05) is 38.2 Å². The molecule has 1 aliphatic carbocycles. The molecule has 4 rings (SSSR count). The minimum Gasteiger partial charge on any atom is -0.379 e. The third-order valence-corrected chi connectivity index (χ3v) is 6.32. The van der Waals surface area contributed by atoms with Crippen molar-refractivity contribution in [3.05, 3.63) is 24.3 Å². The molecular weight excluding hydrogens is 306 g/mol. The van der Waals surface area contributed by atoms with E-state index in [0.717, 1.165) is 43.5 Å². The SMILES string of the molecule is c1ccc2sc(NCC3(N4CCOCC4)CCCCC3)nc2c1. The van der Waals surface area contributed by atoms with Crippen molar-refractivity contribution in [2.45, 2.75) is 37.6 Å². The fourth-order valence-electron chi connectivity index (χ4n) is 4.04.